The molecule has 1 aromatic heterocycles. The van der Waals surface area contributed by atoms with Crippen molar-refractivity contribution in [1.29, 1.82) is 0 Å². The van der Waals surface area contributed by atoms with Crippen LogP contribution in [0.3, 0.4) is 0 Å². The SMILES string of the molecule is COc1cc2nncc(CN3CCc4cc(S(N)(=O)=O)ccc43)c2cc1OC. The molecule has 0 bridgehead atoms. The summed E-state index contributed by atoms with van der Waals surface area (Å²) in [5, 5.41) is 14.5. The maximum atomic E-state index is 11.6. The fraction of sp³-hybridized carbons (Fsp3) is 0.263. The number of primary sulfonamides is 1. The molecule has 1 aliphatic rings. The highest BCUT2D eigenvalue weighted by atomic mass is 32.2. The molecule has 0 amide bonds. The van der Waals surface area contributed by atoms with Crippen molar-refractivity contribution in [2.45, 2.75) is 17.9 Å². The Kier molecular flexibility index (Phi) is 4.56. The van der Waals surface area contributed by atoms with E-state index in [0.29, 0.717) is 18.0 Å². The largest absolute Gasteiger partial charge is 0.493 e. The second kappa shape index (κ2) is 6.92. The van der Waals surface area contributed by atoms with Gasteiger partial charge in [-0.3, -0.25) is 0 Å². The van der Waals surface area contributed by atoms with Crippen LogP contribution in [0.5, 0.6) is 11.5 Å². The van der Waals surface area contributed by atoms with Gasteiger partial charge in [-0.25, -0.2) is 13.6 Å². The van der Waals surface area contributed by atoms with Crippen LogP contribution in [0.25, 0.3) is 10.9 Å². The first-order chi connectivity index (χ1) is 13.4. The average molecular weight is 400 g/mol. The summed E-state index contributed by atoms with van der Waals surface area (Å²) < 4.78 is 33.9. The van der Waals surface area contributed by atoms with Crippen LogP contribution in [0, 0.1) is 0 Å². The molecule has 1 aliphatic heterocycles. The third-order valence-corrected chi connectivity index (χ3v) is 5.87. The van der Waals surface area contributed by atoms with Crippen LogP contribution in [0.4, 0.5) is 5.69 Å². The van der Waals surface area contributed by atoms with E-state index in [0.717, 1.165) is 40.7 Å². The van der Waals surface area contributed by atoms with Gasteiger partial charge in [0.05, 0.1) is 30.8 Å². The number of nitrogens with zero attached hydrogens (tertiary/aromatic N) is 3. The van der Waals surface area contributed by atoms with Crippen LogP contribution in [0.15, 0.2) is 41.4 Å². The summed E-state index contributed by atoms with van der Waals surface area (Å²) in [6, 6.07) is 8.72. The summed E-state index contributed by atoms with van der Waals surface area (Å²) in [5.74, 6) is 1.23. The number of ether oxygens (including phenoxy) is 2. The molecule has 146 valence electrons. The van der Waals surface area contributed by atoms with Gasteiger partial charge in [0.2, 0.25) is 10.0 Å². The van der Waals surface area contributed by atoms with Gasteiger partial charge in [-0.2, -0.15) is 10.2 Å². The van der Waals surface area contributed by atoms with Gasteiger partial charge < -0.3 is 14.4 Å². The highest BCUT2D eigenvalue weighted by Crippen LogP contribution is 2.35. The van der Waals surface area contributed by atoms with E-state index in [1.807, 2.05) is 12.1 Å². The number of anilines is 1. The maximum Gasteiger partial charge on any atom is 0.238 e. The number of sulfonamides is 1. The summed E-state index contributed by atoms with van der Waals surface area (Å²) in [7, 11) is -0.530. The number of fused-ring (bicyclic) bond motifs is 2. The third-order valence-electron chi connectivity index (χ3n) is 4.96. The van der Waals surface area contributed by atoms with Gasteiger partial charge >= 0.3 is 0 Å². The monoisotopic (exact) mass is 400 g/mol. The fourth-order valence-corrected chi connectivity index (χ4v) is 4.12. The number of methoxy groups -OCH3 is 2. The Morgan fingerprint density at radius 2 is 1.89 bits per heavy atom. The molecule has 0 saturated heterocycles. The van der Waals surface area contributed by atoms with E-state index in [4.69, 9.17) is 14.6 Å². The smallest absolute Gasteiger partial charge is 0.238 e. The van der Waals surface area contributed by atoms with Crippen molar-refractivity contribution in [3.63, 3.8) is 0 Å². The van der Waals surface area contributed by atoms with Crippen molar-refractivity contribution in [2.75, 3.05) is 25.7 Å². The molecule has 0 atom stereocenters. The van der Waals surface area contributed by atoms with Gasteiger partial charge in [0.15, 0.2) is 11.5 Å². The van der Waals surface area contributed by atoms with Crippen molar-refractivity contribution in [1.82, 2.24) is 10.2 Å². The topological polar surface area (TPSA) is 108 Å². The van der Waals surface area contributed by atoms with E-state index in [-0.39, 0.29) is 4.90 Å². The van der Waals surface area contributed by atoms with Crippen LogP contribution >= 0.6 is 0 Å². The van der Waals surface area contributed by atoms with E-state index in [9.17, 15) is 8.42 Å². The summed E-state index contributed by atoms with van der Waals surface area (Å²) in [5.41, 5.74) is 3.68. The Morgan fingerprint density at radius 1 is 1.14 bits per heavy atom. The predicted molar refractivity (Wildman–Crippen MR) is 105 cm³/mol. The van der Waals surface area contributed by atoms with Crippen LogP contribution in [0.1, 0.15) is 11.1 Å². The second-order valence-electron chi connectivity index (χ2n) is 6.60. The minimum atomic E-state index is -3.71. The first-order valence-electron chi connectivity index (χ1n) is 8.67. The van der Waals surface area contributed by atoms with Crippen LogP contribution in [0.2, 0.25) is 0 Å². The molecule has 0 saturated carbocycles. The van der Waals surface area contributed by atoms with Crippen molar-refractivity contribution in [3.05, 3.63) is 47.7 Å². The molecule has 9 heteroatoms. The molecule has 3 aromatic rings. The average Bonchev–Trinajstić information content (AvgIpc) is 3.08. The lowest BCUT2D eigenvalue weighted by Gasteiger charge is -2.20. The Hall–Kier alpha value is -2.91. The molecular weight excluding hydrogens is 380 g/mol. The van der Waals surface area contributed by atoms with Gasteiger partial charge in [0, 0.05) is 35.8 Å². The zero-order chi connectivity index (χ0) is 19.9. The normalized spacial score (nSPS) is 13.6. The third kappa shape index (κ3) is 3.23. The Balaban J connectivity index is 1.71. The molecule has 2 N–H and O–H groups in total. The standard InChI is InChI=1S/C19H20N4O4S/c1-26-18-8-15-13(10-21-22-16(15)9-19(18)27-2)11-23-6-5-12-7-14(28(20,24)25)3-4-17(12)23/h3-4,7-10H,5-6,11H2,1-2H3,(H2,20,24,25). The van der Waals surface area contributed by atoms with Crippen molar-refractivity contribution in [3.8, 4) is 11.5 Å². The number of hydrogen-bond donors (Lipinski definition) is 1. The molecule has 28 heavy (non-hydrogen) atoms. The first kappa shape index (κ1) is 18.5. The van der Waals surface area contributed by atoms with E-state index in [2.05, 4.69) is 15.1 Å². The Labute approximate surface area is 162 Å². The van der Waals surface area contributed by atoms with Crippen LogP contribution < -0.4 is 19.5 Å². The number of aromatic nitrogens is 2. The number of hydrogen-bond acceptors (Lipinski definition) is 7. The van der Waals surface area contributed by atoms with E-state index >= 15 is 0 Å². The molecule has 0 fully saturated rings. The van der Waals surface area contributed by atoms with Crippen molar-refractivity contribution in [2.24, 2.45) is 5.14 Å². The number of rotatable bonds is 5. The summed E-state index contributed by atoms with van der Waals surface area (Å²) in [6.07, 6.45) is 2.50. The lowest BCUT2D eigenvalue weighted by molar-refractivity contribution is 0.355. The molecule has 0 aliphatic carbocycles. The van der Waals surface area contributed by atoms with Crippen molar-refractivity contribution >= 4 is 26.6 Å². The lowest BCUT2D eigenvalue weighted by Crippen LogP contribution is -2.20. The molecule has 4 rings (SSSR count). The lowest BCUT2D eigenvalue weighted by atomic mass is 10.1. The van der Waals surface area contributed by atoms with Crippen LogP contribution in [-0.2, 0) is 23.0 Å². The predicted octanol–water partition coefficient (Wildman–Crippen LogP) is 1.86. The molecule has 0 spiro atoms. The minimum absolute atomic E-state index is 0.140. The Morgan fingerprint density at radius 3 is 2.61 bits per heavy atom. The number of nitrogens with two attached hydrogens (primary N) is 1. The van der Waals surface area contributed by atoms with E-state index < -0.39 is 10.0 Å². The highest BCUT2D eigenvalue weighted by molar-refractivity contribution is 7.89. The van der Waals surface area contributed by atoms with Gasteiger partial charge in [0.25, 0.3) is 0 Å². The molecule has 2 aromatic carbocycles. The van der Waals surface area contributed by atoms with E-state index in [1.54, 1.807) is 38.6 Å². The maximum absolute atomic E-state index is 11.6. The first-order valence-corrected chi connectivity index (χ1v) is 10.2. The van der Waals surface area contributed by atoms with Gasteiger partial charge in [-0.05, 0) is 36.2 Å². The van der Waals surface area contributed by atoms with Crippen molar-refractivity contribution < 1.29 is 17.9 Å². The second-order valence-corrected chi connectivity index (χ2v) is 8.16. The molecule has 2 heterocycles. The van der Waals surface area contributed by atoms with Gasteiger partial charge in [0.1, 0.15) is 0 Å². The molecule has 8 nitrogen and oxygen atoms in total. The summed E-state index contributed by atoms with van der Waals surface area (Å²) in [4.78, 5) is 2.33. The molecule has 0 radical (unpaired) electrons. The highest BCUT2D eigenvalue weighted by Gasteiger charge is 2.22. The quantitative estimate of drug-likeness (QED) is 0.696. The summed E-state index contributed by atoms with van der Waals surface area (Å²) in [6.45, 7) is 1.39. The molecule has 0 unspecified atom stereocenters. The van der Waals surface area contributed by atoms with E-state index in [1.165, 1.54) is 0 Å². The zero-order valence-corrected chi connectivity index (χ0v) is 16.4. The number of benzene rings is 2. The summed E-state index contributed by atoms with van der Waals surface area (Å²) >= 11 is 0. The Bertz CT molecular complexity index is 1160. The van der Waals surface area contributed by atoms with Crippen LogP contribution in [-0.4, -0.2) is 39.4 Å². The molecular formula is C19H20N4O4S. The van der Waals surface area contributed by atoms with Gasteiger partial charge in [-0.1, -0.05) is 0 Å². The zero-order valence-electron chi connectivity index (χ0n) is 15.5. The van der Waals surface area contributed by atoms with Gasteiger partial charge in [-0.15, -0.1) is 0 Å². The minimum Gasteiger partial charge on any atom is -0.493 e. The fourth-order valence-electron chi connectivity index (χ4n) is 3.56.